The van der Waals surface area contributed by atoms with Crippen molar-refractivity contribution < 1.29 is 0 Å². The van der Waals surface area contributed by atoms with Crippen LogP contribution in [0.4, 0.5) is 0 Å². The van der Waals surface area contributed by atoms with Gasteiger partial charge in [0.2, 0.25) is 0 Å². The fraction of sp³-hybridized carbons (Fsp3) is 0.0714. The third-order valence-corrected chi connectivity index (χ3v) is 3.55. The predicted octanol–water partition coefficient (Wildman–Crippen LogP) is 3.19. The fourth-order valence-corrected chi connectivity index (χ4v) is 2.57. The summed E-state index contributed by atoms with van der Waals surface area (Å²) in [5, 5.41) is 10.4. The number of benzene rings is 1. The van der Waals surface area contributed by atoms with E-state index in [1.165, 1.54) is 5.56 Å². The maximum atomic E-state index is 4.23. The first kappa shape index (κ1) is 11.0. The molecule has 0 bridgehead atoms. The molecule has 0 radical (unpaired) electrons. The van der Waals surface area contributed by atoms with E-state index in [4.69, 9.17) is 0 Å². The van der Waals surface area contributed by atoms with Crippen LogP contribution < -0.4 is 0 Å². The van der Waals surface area contributed by atoms with Gasteiger partial charge in [0.25, 0.3) is 0 Å². The zero-order valence-electron chi connectivity index (χ0n) is 9.65. The van der Waals surface area contributed by atoms with E-state index < -0.39 is 0 Å². The molecule has 0 aliphatic rings. The van der Waals surface area contributed by atoms with E-state index in [9.17, 15) is 0 Å². The van der Waals surface area contributed by atoms with E-state index >= 15 is 0 Å². The summed E-state index contributed by atoms with van der Waals surface area (Å²) < 4.78 is 0. The second-order valence-corrected chi connectivity index (χ2v) is 4.97. The highest BCUT2D eigenvalue weighted by molar-refractivity contribution is 7.14. The quantitative estimate of drug-likeness (QED) is 0.719. The van der Waals surface area contributed by atoms with Gasteiger partial charge in [0, 0.05) is 24.4 Å². The van der Waals surface area contributed by atoms with Gasteiger partial charge in [0.1, 0.15) is 10.0 Å². The molecule has 0 amide bonds. The summed E-state index contributed by atoms with van der Waals surface area (Å²) in [6.07, 6.45) is 4.40. The SMILES string of the molecule is c1ccc(Cc2nnc(-c3cccnc3)s2)cc1. The molecule has 0 aliphatic carbocycles. The average molecular weight is 253 g/mol. The zero-order valence-corrected chi connectivity index (χ0v) is 10.5. The van der Waals surface area contributed by atoms with Crippen LogP contribution in [-0.4, -0.2) is 15.2 Å². The number of nitrogens with zero attached hydrogens (tertiary/aromatic N) is 3. The molecule has 0 atom stereocenters. The molecule has 2 aromatic heterocycles. The fourth-order valence-electron chi connectivity index (χ4n) is 1.70. The number of rotatable bonds is 3. The third-order valence-electron chi connectivity index (χ3n) is 2.57. The maximum absolute atomic E-state index is 4.23. The summed E-state index contributed by atoms with van der Waals surface area (Å²) in [7, 11) is 0. The Hall–Kier alpha value is -2.07. The molecular weight excluding hydrogens is 242 g/mol. The second kappa shape index (κ2) is 5.06. The molecule has 0 fully saturated rings. The van der Waals surface area contributed by atoms with Crippen LogP contribution in [-0.2, 0) is 6.42 Å². The normalized spacial score (nSPS) is 10.4. The van der Waals surface area contributed by atoms with Gasteiger partial charge in [-0.05, 0) is 17.7 Å². The molecule has 0 N–H and O–H groups in total. The molecule has 0 unspecified atom stereocenters. The van der Waals surface area contributed by atoms with Crippen LogP contribution >= 0.6 is 11.3 Å². The topological polar surface area (TPSA) is 38.7 Å². The lowest BCUT2D eigenvalue weighted by Crippen LogP contribution is -1.85. The lowest BCUT2D eigenvalue weighted by atomic mass is 10.2. The van der Waals surface area contributed by atoms with E-state index in [2.05, 4.69) is 27.3 Å². The molecule has 3 nitrogen and oxygen atoms in total. The first-order valence-electron chi connectivity index (χ1n) is 5.68. The predicted molar refractivity (Wildman–Crippen MR) is 72.4 cm³/mol. The van der Waals surface area contributed by atoms with Crippen molar-refractivity contribution in [2.45, 2.75) is 6.42 Å². The Morgan fingerprint density at radius 1 is 0.944 bits per heavy atom. The van der Waals surface area contributed by atoms with Crippen LogP contribution in [0.2, 0.25) is 0 Å². The Labute approximate surface area is 109 Å². The summed E-state index contributed by atoms with van der Waals surface area (Å²) >= 11 is 1.62. The van der Waals surface area contributed by atoms with Gasteiger partial charge >= 0.3 is 0 Å². The van der Waals surface area contributed by atoms with Crippen molar-refractivity contribution in [1.29, 1.82) is 0 Å². The van der Waals surface area contributed by atoms with E-state index in [0.717, 1.165) is 22.0 Å². The molecule has 3 aromatic rings. The van der Waals surface area contributed by atoms with Gasteiger partial charge in [0.05, 0.1) is 0 Å². The minimum Gasteiger partial charge on any atom is -0.264 e. The number of hydrogen-bond acceptors (Lipinski definition) is 4. The first-order chi connectivity index (χ1) is 8.92. The van der Waals surface area contributed by atoms with Crippen LogP contribution in [0.5, 0.6) is 0 Å². The van der Waals surface area contributed by atoms with E-state index in [1.807, 2.05) is 36.5 Å². The van der Waals surface area contributed by atoms with Gasteiger partial charge in [-0.1, -0.05) is 41.7 Å². The Morgan fingerprint density at radius 3 is 2.61 bits per heavy atom. The number of pyridine rings is 1. The number of hydrogen-bond donors (Lipinski definition) is 0. The maximum Gasteiger partial charge on any atom is 0.149 e. The van der Waals surface area contributed by atoms with Crippen LogP contribution in [0.15, 0.2) is 54.9 Å². The molecule has 0 aliphatic heterocycles. The average Bonchev–Trinajstić information content (AvgIpc) is 2.89. The summed E-state index contributed by atoms with van der Waals surface area (Å²) in [6.45, 7) is 0. The Morgan fingerprint density at radius 2 is 1.83 bits per heavy atom. The molecule has 2 heterocycles. The Kier molecular flexibility index (Phi) is 3.10. The highest BCUT2D eigenvalue weighted by Crippen LogP contribution is 2.23. The Balaban J connectivity index is 1.82. The van der Waals surface area contributed by atoms with Crippen molar-refractivity contribution in [2.75, 3.05) is 0 Å². The van der Waals surface area contributed by atoms with Crippen LogP contribution in [0, 0.1) is 0 Å². The molecule has 1 aromatic carbocycles. The Bertz CT molecular complexity index is 620. The van der Waals surface area contributed by atoms with Crippen molar-refractivity contribution in [1.82, 2.24) is 15.2 Å². The van der Waals surface area contributed by atoms with Crippen molar-refractivity contribution in [3.05, 3.63) is 65.4 Å². The van der Waals surface area contributed by atoms with Crippen LogP contribution in [0.25, 0.3) is 10.6 Å². The van der Waals surface area contributed by atoms with Gasteiger partial charge in [-0.2, -0.15) is 0 Å². The molecular formula is C14H11N3S. The standard InChI is InChI=1S/C14H11N3S/c1-2-5-11(6-3-1)9-13-16-17-14(18-13)12-7-4-8-15-10-12/h1-8,10H,9H2. The minimum absolute atomic E-state index is 0.832. The van der Waals surface area contributed by atoms with E-state index in [-0.39, 0.29) is 0 Å². The van der Waals surface area contributed by atoms with Gasteiger partial charge in [0.15, 0.2) is 0 Å². The van der Waals surface area contributed by atoms with Crippen molar-refractivity contribution >= 4 is 11.3 Å². The minimum atomic E-state index is 0.832. The van der Waals surface area contributed by atoms with Crippen LogP contribution in [0.1, 0.15) is 10.6 Å². The summed E-state index contributed by atoms with van der Waals surface area (Å²) in [5.74, 6) is 0. The lowest BCUT2D eigenvalue weighted by molar-refractivity contribution is 1.01. The van der Waals surface area contributed by atoms with Crippen molar-refractivity contribution in [2.24, 2.45) is 0 Å². The van der Waals surface area contributed by atoms with Crippen LogP contribution in [0.3, 0.4) is 0 Å². The van der Waals surface area contributed by atoms with Crippen molar-refractivity contribution in [3.63, 3.8) is 0 Å². The molecule has 4 heteroatoms. The molecule has 18 heavy (non-hydrogen) atoms. The van der Waals surface area contributed by atoms with Gasteiger partial charge < -0.3 is 0 Å². The molecule has 0 saturated heterocycles. The largest absolute Gasteiger partial charge is 0.264 e. The second-order valence-electron chi connectivity index (χ2n) is 3.91. The lowest BCUT2D eigenvalue weighted by Gasteiger charge is -1.95. The van der Waals surface area contributed by atoms with Gasteiger partial charge in [-0.15, -0.1) is 10.2 Å². The smallest absolute Gasteiger partial charge is 0.149 e. The molecule has 88 valence electrons. The molecule has 0 saturated carbocycles. The van der Waals surface area contributed by atoms with Gasteiger partial charge in [-0.25, -0.2) is 0 Å². The molecule has 0 spiro atoms. The highest BCUT2D eigenvalue weighted by Gasteiger charge is 2.06. The van der Waals surface area contributed by atoms with E-state index in [0.29, 0.717) is 0 Å². The van der Waals surface area contributed by atoms with E-state index in [1.54, 1.807) is 17.5 Å². The summed E-state index contributed by atoms with van der Waals surface area (Å²) in [4.78, 5) is 4.09. The monoisotopic (exact) mass is 253 g/mol. The summed E-state index contributed by atoms with van der Waals surface area (Å²) in [5.41, 5.74) is 2.28. The molecule has 3 rings (SSSR count). The third kappa shape index (κ3) is 2.43. The van der Waals surface area contributed by atoms with Crippen molar-refractivity contribution in [3.8, 4) is 10.6 Å². The van der Waals surface area contributed by atoms with Gasteiger partial charge in [-0.3, -0.25) is 4.98 Å². The first-order valence-corrected chi connectivity index (χ1v) is 6.50. The highest BCUT2D eigenvalue weighted by atomic mass is 32.1. The number of aromatic nitrogens is 3. The zero-order chi connectivity index (χ0) is 12.2. The summed E-state index contributed by atoms with van der Waals surface area (Å²) in [6, 6.07) is 14.2.